The van der Waals surface area contributed by atoms with E-state index in [2.05, 4.69) is 25.2 Å². The number of halogens is 3. The van der Waals surface area contributed by atoms with Gasteiger partial charge in [0.05, 0.1) is 16.6 Å². The molecule has 2 aromatic heterocycles. The number of aromatic amines is 1. The van der Waals surface area contributed by atoms with E-state index in [0.29, 0.717) is 36.2 Å². The van der Waals surface area contributed by atoms with E-state index in [1.54, 1.807) is 6.07 Å². The van der Waals surface area contributed by atoms with Crippen LogP contribution in [-0.4, -0.2) is 71.2 Å². The number of hydrogen-bond acceptors (Lipinski definition) is 6. The first kappa shape index (κ1) is 24.2. The van der Waals surface area contributed by atoms with Gasteiger partial charge in [0.15, 0.2) is 0 Å². The molecule has 2 N–H and O–H groups in total. The molecule has 190 valence electrons. The lowest BCUT2D eigenvalue weighted by molar-refractivity contribution is 0.0944. The van der Waals surface area contributed by atoms with Crippen molar-refractivity contribution in [2.24, 2.45) is 0 Å². The fraction of sp³-hybridized carbons (Fsp3) is 0.440. The first-order valence-corrected chi connectivity index (χ1v) is 12.1. The number of benzene rings is 1. The zero-order valence-corrected chi connectivity index (χ0v) is 19.6. The summed E-state index contributed by atoms with van der Waals surface area (Å²) in [5.74, 6) is -1.03. The van der Waals surface area contributed by atoms with Gasteiger partial charge in [-0.25, -0.2) is 18.7 Å². The third kappa shape index (κ3) is 4.92. The number of fused-ring (bicyclic) bond motifs is 1. The number of piperazine rings is 1. The van der Waals surface area contributed by atoms with Gasteiger partial charge in [-0.1, -0.05) is 0 Å². The van der Waals surface area contributed by atoms with Crippen molar-refractivity contribution in [1.29, 1.82) is 0 Å². The molecule has 36 heavy (non-hydrogen) atoms. The molecule has 1 aliphatic heterocycles. The van der Waals surface area contributed by atoms with Gasteiger partial charge in [0.2, 0.25) is 5.95 Å². The number of rotatable bonds is 6. The highest BCUT2D eigenvalue weighted by Gasteiger charge is 2.33. The predicted molar refractivity (Wildman–Crippen MR) is 129 cm³/mol. The molecule has 2 fully saturated rings. The number of hydrogen-bond donors (Lipinski definition) is 2. The average Bonchev–Trinajstić information content (AvgIpc) is 3.38. The van der Waals surface area contributed by atoms with Crippen LogP contribution < -0.4 is 15.8 Å². The maximum absolute atomic E-state index is 14.6. The van der Waals surface area contributed by atoms with Crippen LogP contribution in [0, 0.1) is 11.8 Å². The summed E-state index contributed by atoms with van der Waals surface area (Å²) in [6.45, 7) is 1.89. The summed E-state index contributed by atoms with van der Waals surface area (Å²) in [4.78, 5) is 39.8. The van der Waals surface area contributed by atoms with E-state index < -0.39 is 24.3 Å². The Morgan fingerprint density at radius 1 is 1.08 bits per heavy atom. The highest BCUT2D eigenvalue weighted by molar-refractivity contribution is 5.92. The molecule has 2 atom stereocenters. The van der Waals surface area contributed by atoms with Gasteiger partial charge in [0.25, 0.3) is 11.5 Å². The number of H-pyrrole nitrogens is 1. The topological polar surface area (TPSA) is 94.2 Å². The number of anilines is 1. The number of pyridine rings is 1. The lowest BCUT2D eigenvalue weighted by Gasteiger charge is -2.39. The second kappa shape index (κ2) is 10.3. The SMILES string of the molecule is O=C(NCCF)c1ccc(N2CCN([C@H]3CC[C@@H](c4nc5ccc(F)cc5c(=O)[nH]4)C3)CC2)c(F)n1. The van der Waals surface area contributed by atoms with Crippen LogP contribution in [0.15, 0.2) is 35.1 Å². The van der Waals surface area contributed by atoms with Crippen LogP contribution in [0.25, 0.3) is 10.9 Å². The summed E-state index contributed by atoms with van der Waals surface area (Å²) in [5.41, 5.74) is 0.433. The summed E-state index contributed by atoms with van der Waals surface area (Å²) >= 11 is 0. The van der Waals surface area contributed by atoms with Crippen molar-refractivity contribution in [1.82, 2.24) is 25.2 Å². The monoisotopic (exact) mass is 500 g/mol. The zero-order chi connectivity index (χ0) is 25.2. The molecule has 3 heterocycles. The van der Waals surface area contributed by atoms with Crippen molar-refractivity contribution in [3.8, 4) is 0 Å². The van der Waals surface area contributed by atoms with Crippen molar-refractivity contribution < 1.29 is 18.0 Å². The van der Waals surface area contributed by atoms with Crippen LogP contribution in [0.5, 0.6) is 0 Å². The van der Waals surface area contributed by atoms with Crippen LogP contribution in [0.4, 0.5) is 18.9 Å². The number of alkyl halides is 1. The molecule has 1 saturated carbocycles. The van der Waals surface area contributed by atoms with Crippen LogP contribution in [-0.2, 0) is 0 Å². The minimum atomic E-state index is -0.719. The van der Waals surface area contributed by atoms with E-state index in [0.717, 1.165) is 32.4 Å². The van der Waals surface area contributed by atoms with Crippen molar-refractivity contribution in [2.45, 2.75) is 31.2 Å². The first-order chi connectivity index (χ1) is 17.4. The smallest absolute Gasteiger partial charge is 0.270 e. The summed E-state index contributed by atoms with van der Waals surface area (Å²) in [5, 5.41) is 2.59. The molecule has 1 aromatic carbocycles. The summed E-state index contributed by atoms with van der Waals surface area (Å²) < 4.78 is 40.4. The van der Waals surface area contributed by atoms with Gasteiger partial charge in [-0.15, -0.1) is 0 Å². The highest BCUT2D eigenvalue weighted by Crippen LogP contribution is 2.36. The molecule has 1 saturated heterocycles. The normalized spacial score (nSPS) is 20.7. The summed E-state index contributed by atoms with van der Waals surface area (Å²) in [6, 6.07) is 7.37. The van der Waals surface area contributed by atoms with Gasteiger partial charge in [0.1, 0.15) is 24.0 Å². The summed E-state index contributed by atoms with van der Waals surface area (Å²) in [6.07, 6.45) is 2.72. The Kier molecular flexibility index (Phi) is 6.90. The van der Waals surface area contributed by atoms with Crippen LogP contribution in [0.1, 0.15) is 41.5 Å². The Morgan fingerprint density at radius 3 is 2.64 bits per heavy atom. The predicted octanol–water partition coefficient (Wildman–Crippen LogP) is 2.75. The Labute approximate surface area is 205 Å². The van der Waals surface area contributed by atoms with E-state index in [4.69, 9.17) is 0 Å². The minimum Gasteiger partial charge on any atom is -0.365 e. The molecule has 3 aromatic rings. The molecular formula is C25H27F3N6O2. The second-order valence-corrected chi connectivity index (χ2v) is 9.25. The molecule has 5 rings (SSSR count). The van der Waals surface area contributed by atoms with Crippen molar-refractivity contribution in [3.05, 3.63) is 64.0 Å². The maximum atomic E-state index is 14.6. The molecule has 2 aliphatic rings. The summed E-state index contributed by atoms with van der Waals surface area (Å²) in [7, 11) is 0. The number of carbonyl (C=O) groups is 1. The van der Waals surface area contributed by atoms with Crippen LogP contribution in [0.2, 0.25) is 0 Å². The van der Waals surface area contributed by atoms with Gasteiger partial charge in [0, 0.05) is 44.7 Å². The Bertz CT molecular complexity index is 1320. The van der Waals surface area contributed by atoms with E-state index >= 15 is 0 Å². The van der Waals surface area contributed by atoms with Crippen molar-refractivity contribution in [3.63, 3.8) is 0 Å². The quantitative estimate of drug-likeness (QED) is 0.506. The molecule has 1 amide bonds. The average molecular weight is 501 g/mol. The van der Waals surface area contributed by atoms with Crippen molar-refractivity contribution in [2.75, 3.05) is 44.3 Å². The molecule has 0 spiro atoms. The lowest BCUT2D eigenvalue weighted by Crippen LogP contribution is -2.50. The van der Waals surface area contributed by atoms with Crippen molar-refractivity contribution >= 4 is 22.5 Å². The lowest BCUT2D eigenvalue weighted by atomic mass is 10.1. The number of aromatic nitrogens is 3. The van der Waals surface area contributed by atoms with Gasteiger partial charge in [-0.3, -0.25) is 14.5 Å². The fourth-order valence-electron chi connectivity index (χ4n) is 5.23. The number of carbonyl (C=O) groups excluding carboxylic acids is 1. The van der Waals surface area contributed by atoms with Crippen LogP contribution in [0.3, 0.4) is 0 Å². The highest BCUT2D eigenvalue weighted by atomic mass is 19.1. The Balaban J connectivity index is 1.20. The van der Waals surface area contributed by atoms with E-state index in [9.17, 15) is 22.8 Å². The van der Waals surface area contributed by atoms with E-state index in [1.807, 2.05) is 4.90 Å². The molecule has 0 bridgehead atoms. The fourth-order valence-corrected chi connectivity index (χ4v) is 5.23. The number of nitrogens with one attached hydrogen (secondary N) is 2. The number of amides is 1. The molecule has 0 radical (unpaired) electrons. The largest absolute Gasteiger partial charge is 0.365 e. The van der Waals surface area contributed by atoms with Gasteiger partial charge < -0.3 is 15.2 Å². The molecule has 11 heteroatoms. The third-order valence-corrected chi connectivity index (χ3v) is 7.09. The van der Waals surface area contributed by atoms with E-state index in [-0.39, 0.29) is 29.1 Å². The molecule has 1 aliphatic carbocycles. The third-order valence-electron chi connectivity index (χ3n) is 7.09. The number of nitrogens with zero attached hydrogens (tertiary/aromatic N) is 4. The van der Waals surface area contributed by atoms with Gasteiger partial charge in [-0.05, 0) is 49.6 Å². The molecular weight excluding hydrogens is 473 g/mol. The van der Waals surface area contributed by atoms with Gasteiger partial charge >= 0.3 is 0 Å². The first-order valence-electron chi connectivity index (χ1n) is 12.1. The zero-order valence-electron chi connectivity index (χ0n) is 19.6. The van der Waals surface area contributed by atoms with E-state index in [1.165, 1.54) is 24.3 Å². The molecule has 0 unspecified atom stereocenters. The molecule has 8 nitrogen and oxygen atoms in total. The maximum Gasteiger partial charge on any atom is 0.270 e. The second-order valence-electron chi connectivity index (χ2n) is 9.25. The van der Waals surface area contributed by atoms with Gasteiger partial charge in [-0.2, -0.15) is 4.39 Å². The minimum absolute atomic E-state index is 0.0780. The Morgan fingerprint density at radius 2 is 1.89 bits per heavy atom. The van der Waals surface area contributed by atoms with Crippen LogP contribution >= 0.6 is 0 Å². The Hall–Kier alpha value is -3.47. The standard InChI is InChI=1S/C25H27F3N6O2/c26-7-8-29-25(36)20-5-6-21(22(28)30-20)34-11-9-33(10-12-34)17-3-1-15(13-17)23-31-19-4-2-16(27)14-18(19)24(35)32-23/h2,4-6,14-15,17H,1,3,7-13H2,(H,29,36)(H,31,32,35)/t15-,17+/m1/s1.